The summed E-state index contributed by atoms with van der Waals surface area (Å²) in [5.41, 5.74) is 0.188. The van der Waals surface area contributed by atoms with Crippen LogP contribution < -0.4 is 15.4 Å². The van der Waals surface area contributed by atoms with Gasteiger partial charge in [0.2, 0.25) is 0 Å². The van der Waals surface area contributed by atoms with Crippen molar-refractivity contribution in [1.82, 2.24) is 10.6 Å². The van der Waals surface area contributed by atoms with E-state index in [0.717, 1.165) is 25.7 Å². The molecule has 1 aliphatic rings. The van der Waals surface area contributed by atoms with E-state index in [9.17, 15) is 14.4 Å². The lowest BCUT2D eigenvalue weighted by Crippen LogP contribution is -2.48. The third kappa shape index (κ3) is 6.07. The van der Waals surface area contributed by atoms with E-state index in [1.807, 2.05) is 18.2 Å². The molecule has 0 heterocycles. The summed E-state index contributed by atoms with van der Waals surface area (Å²) in [6.07, 6.45) is 3.98. The number of urea groups is 1. The minimum Gasteiger partial charge on any atom is -0.456 e. The van der Waals surface area contributed by atoms with Crippen LogP contribution in [0, 0.1) is 0 Å². The van der Waals surface area contributed by atoms with Crippen molar-refractivity contribution in [2.75, 3.05) is 0 Å². The Labute approximate surface area is 175 Å². The largest absolute Gasteiger partial charge is 0.456 e. The smallest absolute Gasteiger partial charge is 0.342 e. The minimum absolute atomic E-state index is 0.0754. The number of carbonyl (C=O) groups is 3. The zero-order chi connectivity index (χ0) is 21.3. The first-order chi connectivity index (χ1) is 14.5. The number of rotatable bonds is 6. The van der Waals surface area contributed by atoms with Crippen molar-refractivity contribution in [3.05, 3.63) is 60.2 Å². The number of imide groups is 1. The van der Waals surface area contributed by atoms with E-state index in [0.29, 0.717) is 11.5 Å². The second kappa shape index (κ2) is 10.4. The normalized spacial score (nSPS) is 15.0. The standard InChI is InChI=1S/C23H26N2O5/c1-16(21(26)25-23(28)24-17-10-4-2-5-11-17)29-22(27)19-14-8-9-15-20(19)30-18-12-6-3-7-13-18/h3,6-9,12-17H,2,4-5,10-11H2,1H3,(H2,24,25,26,28)/t16-/m1/s1. The van der Waals surface area contributed by atoms with Crippen molar-refractivity contribution < 1.29 is 23.9 Å². The molecule has 158 valence electrons. The molecule has 0 unspecified atom stereocenters. The van der Waals surface area contributed by atoms with Crippen molar-refractivity contribution in [1.29, 1.82) is 0 Å². The van der Waals surface area contributed by atoms with Gasteiger partial charge in [0.05, 0.1) is 0 Å². The number of hydrogen-bond acceptors (Lipinski definition) is 5. The third-order valence-corrected chi connectivity index (χ3v) is 4.91. The van der Waals surface area contributed by atoms with Gasteiger partial charge < -0.3 is 14.8 Å². The van der Waals surface area contributed by atoms with E-state index >= 15 is 0 Å². The molecule has 0 spiro atoms. The van der Waals surface area contributed by atoms with Crippen LogP contribution in [0.1, 0.15) is 49.4 Å². The number of ether oxygens (including phenoxy) is 2. The molecule has 0 radical (unpaired) electrons. The molecular weight excluding hydrogens is 384 g/mol. The van der Waals surface area contributed by atoms with Gasteiger partial charge in [-0.2, -0.15) is 0 Å². The maximum absolute atomic E-state index is 12.6. The van der Waals surface area contributed by atoms with Crippen LogP contribution in [0.4, 0.5) is 4.79 Å². The molecule has 0 saturated heterocycles. The Hall–Kier alpha value is -3.35. The SMILES string of the molecule is C[C@@H](OC(=O)c1ccccc1Oc1ccccc1)C(=O)NC(=O)NC1CCCCC1. The summed E-state index contributed by atoms with van der Waals surface area (Å²) in [6, 6.07) is 15.2. The van der Waals surface area contributed by atoms with E-state index in [-0.39, 0.29) is 11.6 Å². The first-order valence-electron chi connectivity index (χ1n) is 10.2. The molecule has 1 atom stereocenters. The second-order valence-corrected chi connectivity index (χ2v) is 7.26. The lowest BCUT2D eigenvalue weighted by atomic mass is 9.96. The summed E-state index contributed by atoms with van der Waals surface area (Å²) >= 11 is 0. The van der Waals surface area contributed by atoms with Crippen molar-refractivity contribution in [2.45, 2.75) is 51.2 Å². The third-order valence-electron chi connectivity index (χ3n) is 4.91. The van der Waals surface area contributed by atoms with Gasteiger partial charge in [-0.05, 0) is 44.0 Å². The molecule has 3 rings (SSSR count). The zero-order valence-electron chi connectivity index (χ0n) is 16.9. The number of carbonyl (C=O) groups excluding carboxylic acids is 3. The summed E-state index contributed by atoms with van der Waals surface area (Å²) in [5.74, 6) is -0.505. The van der Waals surface area contributed by atoms with Crippen LogP contribution in [0.5, 0.6) is 11.5 Å². The number of esters is 1. The molecule has 0 aromatic heterocycles. The molecule has 3 amide bonds. The van der Waals surface area contributed by atoms with Crippen LogP contribution in [-0.2, 0) is 9.53 Å². The van der Waals surface area contributed by atoms with Crippen molar-refractivity contribution in [2.24, 2.45) is 0 Å². The maximum atomic E-state index is 12.6. The van der Waals surface area contributed by atoms with Crippen LogP contribution in [0.2, 0.25) is 0 Å². The topological polar surface area (TPSA) is 93.7 Å². The monoisotopic (exact) mass is 410 g/mol. The van der Waals surface area contributed by atoms with E-state index in [4.69, 9.17) is 9.47 Å². The summed E-state index contributed by atoms with van der Waals surface area (Å²) < 4.78 is 11.0. The van der Waals surface area contributed by atoms with Crippen molar-refractivity contribution in [3.8, 4) is 11.5 Å². The Morgan fingerprint density at radius 2 is 1.60 bits per heavy atom. The van der Waals surface area contributed by atoms with Crippen LogP contribution >= 0.6 is 0 Å². The van der Waals surface area contributed by atoms with E-state index < -0.39 is 24.0 Å². The van der Waals surface area contributed by atoms with Gasteiger partial charge in [-0.1, -0.05) is 49.6 Å². The van der Waals surface area contributed by atoms with E-state index in [1.54, 1.807) is 36.4 Å². The molecule has 1 fully saturated rings. The van der Waals surface area contributed by atoms with Gasteiger partial charge in [0.15, 0.2) is 6.10 Å². The van der Waals surface area contributed by atoms with Crippen LogP contribution in [0.25, 0.3) is 0 Å². The van der Waals surface area contributed by atoms with Crippen molar-refractivity contribution >= 4 is 17.9 Å². The lowest BCUT2D eigenvalue weighted by molar-refractivity contribution is -0.127. The fourth-order valence-corrected chi connectivity index (χ4v) is 3.30. The fraction of sp³-hybridized carbons (Fsp3) is 0.348. The summed E-state index contributed by atoms with van der Waals surface area (Å²) in [4.78, 5) is 36.9. The number of hydrogen-bond donors (Lipinski definition) is 2. The average molecular weight is 410 g/mol. The molecule has 7 nitrogen and oxygen atoms in total. The van der Waals surface area contributed by atoms with Gasteiger partial charge in [0.25, 0.3) is 5.91 Å². The Morgan fingerprint density at radius 1 is 0.933 bits per heavy atom. The number of nitrogens with one attached hydrogen (secondary N) is 2. The Kier molecular flexibility index (Phi) is 7.43. The van der Waals surface area contributed by atoms with Crippen LogP contribution in [0.15, 0.2) is 54.6 Å². The number of benzene rings is 2. The molecule has 2 aromatic carbocycles. The average Bonchev–Trinajstić information content (AvgIpc) is 2.75. The highest BCUT2D eigenvalue weighted by Crippen LogP contribution is 2.26. The Balaban J connectivity index is 1.56. The molecule has 1 saturated carbocycles. The first-order valence-corrected chi connectivity index (χ1v) is 10.2. The Morgan fingerprint density at radius 3 is 2.33 bits per heavy atom. The quantitative estimate of drug-likeness (QED) is 0.697. The predicted molar refractivity (Wildman–Crippen MR) is 111 cm³/mol. The molecule has 2 N–H and O–H groups in total. The minimum atomic E-state index is -1.14. The molecule has 2 aromatic rings. The number of amides is 3. The molecular formula is C23H26N2O5. The lowest BCUT2D eigenvalue weighted by Gasteiger charge is -2.23. The first kappa shape index (κ1) is 21.4. The summed E-state index contributed by atoms with van der Waals surface area (Å²) in [7, 11) is 0. The highest BCUT2D eigenvalue weighted by molar-refractivity contribution is 5.99. The molecule has 7 heteroatoms. The van der Waals surface area contributed by atoms with Crippen LogP contribution in [0.3, 0.4) is 0 Å². The second-order valence-electron chi connectivity index (χ2n) is 7.26. The number of para-hydroxylation sites is 2. The van der Waals surface area contributed by atoms with Crippen LogP contribution in [-0.4, -0.2) is 30.1 Å². The molecule has 1 aliphatic carbocycles. The van der Waals surface area contributed by atoms with Gasteiger partial charge in [0, 0.05) is 6.04 Å². The van der Waals surface area contributed by atoms with Gasteiger partial charge in [0.1, 0.15) is 17.1 Å². The highest BCUT2D eigenvalue weighted by atomic mass is 16.5. The van der Waals surface area contributed by atoms with Crippen molar-refractivity contribution in [3.63, 3.8) is 0 Å². The summed E-state index contributed by atoms with van der Waals surface area (Å²) in [5, 5.41) is 5.04. The van der Waals surface area contributed by atoms with Gasteiger partial charge in [-0.15, -0.1) is 0 Å². The highest BCUT2D eigenvalue weighted by Gasteiger charge is 2.24. The molecule has 0 aliphatic heterocycles. The van der Waals surface area contributed by atoms with E-state index in [1.165, 1.54) is 13.3 Å². The zero-order valence-corrected chi connectivity index (χ0v) is 16.9. The maximum Gasteiger partial charge on any atom is 0.342 e. The fourth-order valence-electron chi connectivity index (χ4n) is 3.30. The van der Waals surface area contributed by atoms with Gasteiger partial charge in [-0.3, -0.25) is 10.1 Å². The summed E-state index contributed by atoms with van der Waals surface area (Å²) in [6.45, 7) is 1.42. The predicted octanol–water partition coefficient (Wildman–Crippen LogP) is 4.18. The Bertz CT molecular complexity index is 878. The molecule has 0 bridgehead atoms. The molecule has 30 heavy (non-hydrogen) atoms. The van der Waals surface area contributed by atoms with Gasteiger partial charge in [-0.25, -0.2) is 9.59 Å². The van der Waals surface area contributed by atoms with E-state index in [2.05, 4.69) is 10.6 Å². The van der Waals surface area contributed by atoms with Gasteiger partial charge >= 0.3 is 12.0 Å².